The molecule has 0 bridgehead atoms. The highest BCUT2D eigenvalue weighted by atomic mass is 16.3. The molecule has 0 spiro atoms. The fraction of sp³-hybridized carbons (Fsp3) is 0. The summed E-state index contributed by atoms with van der Waals surface area (Å²) in [5.41, 5.74) is 10.6. The summed E-state index contributed by atoms with van der Waals surface area (Å²) in [6, 6.07) is 65.2. The average molecular weight is 742 g/mol. The van der Waals surface area contributed by atoms with Crippen LogP contribution in [0.5, 0.6) is 0 Å². The number of hydrogen-bond acceptors (Lipinski definition) is 5. The van der Waals surface area contributed by atoms with Gasteiger partial charge in [0, 0.05) is 38.2 Å². The van der Waals surface area contributed by atoms with Crippen molar-refractivity contribution < 1.29 is 8.83 Å². The Morgan fingerprint density at radius 1 is 0.259 bits per heavy atom. The van der Waals surface area contributed by atoms with Crippen molar-refractivity contribution in [2.24, 2.45) is 0 Å². The Bertz CT molecular complexity index is 3570. The standard InChI is InChI=1S/C53H31N3O2/c1-3-13-32(14-4-1)36-26-27-37(39-18-8-7-17-38(36)39)34-24-28-47-45(29-34)50-43-21-10-9-19-40(43)44(31-49(50)58-47)53-55-51(33-15-5-2-6-16-33)54-52(56-53)35-23-25-42-41-20-11-12-22-46(41)57-48(42)30-35/h1-31H. The molecule has 0 fully saturated rings. The van der Waals surface area contributed by atoms with Gasteiger partial charge in [-0.15, -0.1) is 0 Å². The predicted octanol–water partition coefficient (Wildman–Crippen LogP) is 14.3. The summed E-state index contributed by atoms with van der Waals surface area (Å²) in [6.45, 7) is 0. The third kappa shape index (κ3) is 5.14. The molecule has 5 heteroatoms. The molecule has 12 rings (SSSR count). The van der Waals surface area contributed by atoms with E-state index >= 15 is 0 Å². The molecule has 0 aliphatic rings. The molecule has 0 saturated carbocycles. The molecule has 0 atom stereocenters. The van der Waals surface area contributed by atoms with Gasteiger partial charge in [-0.05, 0) is 80.2 Å². The normalized spacial score (nSPS) is 11.8. The molecule has 12 aromatic rings. The van der Waals surface area contributed by atoms with Crippen LogP contribution in [0.15, 0.2) is 197 Å². The molecule has 0 aliphatic carbocycles. The number of furan rings is 2. The lowest BCUT2D eigenvalue weighted by molar-refractivity contribution is 0.669. The van der Waals surface area contributed by atoms with Gasteiger partial charge in [0.25, 0.3) is 0 Å². The van der Waals surface area contributed by atoms with Crippen molar-refractivity contribution in [1.29, 1.82) is 0 Å². The van der Waals surface area contributed by atoms with E-state index in [1.807, 2.05) is 54.6 Å². The lowest BCUT2D eigenvalue weighted by Crippen LogP contribution is -2.00. The number of rotatable bonds is 5. The van der Waals surface area contributed by atoms with E-state index in [4.69, 9.17) is 23.8 Å². The molecule has 3 aromatic heterocycles. The van der Waals surface area contributed by atoms with Crippen LogP contribution in [-0.2, 0) is 0 Å². The van der Waals surface area contributed by atoms with Crippen LogP contribution >= 0.6 is 0 Å². The zero-order valence-corrected chi connectivity index (χ0v) is 31.1. The summed E-state index contributed by atoms with van der Waals surface area (Å²) in [5, 5.41) is 8.80. The number of hydrogen-bond donors (Lipinski definition) is 0. The number of nitrogens with zero attached hydrogens (tertiary/aromatic N) is 3. The molecule has 0 saturated heterocycles. The Morgan fingerprint density at radius 2 is 0.776 bits per heavy atom. The van der Waals surface area contributed by atoms with Crippen LogP contribution in [-0.4, -0.2) is 15.0 Å². The molecule has 5 nitrogen and oxygen atoms in total. The summed E-state index contributed by atoms with van der Waals surface area (Å²) in [6.07, 6.45) is 0. The number of benzene rings is 9. The number of aromatic nitrogens is 3. The minimum Gasteiger partial charge on any atom is -0.456 e. The molecule has 0 N–H and O–H groups in total. The molecule has 270 valence electrons. The summed E-state index contributed by atoms with van der Waals surface area (Å²) >= 11 is 0. The molecule has 9 aromatic carbocycles. The highest BCUT2D eigenvalue weighted by Gasteiger charge is 2.20. The first kappa shape index (κ1) is 32.4. The highest BCUT2D eigenvalue weighted by molar-refractivity contribution is 6.22. The molecular formula is C53H31N3O2. The molecule has 58 heavy (non-hydrogen) atoms. The van der Waals surface area contributed by atoms with Crippen LogP contribution < -0.4 is 0 Å². The lowest BCUT2D eigenvalue weighted by Gasteiger charge is -2.12. The van der Waals surface area contributed by atoms with Crippen molar-refractivity contribution >= 4 is 65.4 Å². The Labute approximate surface area is 332 Å². The van der Waals surface area contributed by atoms with E-state index in [-0.39, 0.29) is 0 Å². The molecule has 0 amide bonds. The van der Waals surface area contributed by atoms with Crippen LogP contribution in [0.25, 0.3) is 122 Å². The van der Waals surface area contributed by atoms with Crippen LogP contribution in [0, 0.1) is 0 Å². The summed E-state index contributed by atoms with van der Waals surface area (Å²) in [4.78, 5) is 15.3. The van der Waals surface area contributed by atoms with Gasteiger partial charge >= 0.3 is 0 Å². The van der Waals surface area contributed by atoms with Gasteiger partial charge in [-0.1, -0.05) is 152 Å². The monoisotopic (exact) mass is 741 g/mol. The van der Waals surface area contributed by atoms with E-state index in [2.05, 4.69) is 133 Å². The molecule has 0 aliphatic heterocycles. The van der Waals surface area contributed by atoms with E-state index in [1.54, 1.807) is 0 Å². The van der Waals surface area contributed by atoms with Crippen molar-refractivity contribution in [3.8, 4) is 56.4 Å². The number of fused-ring (bicyclic) bond motifs is 9. The van der Waals surface area contributed by atoms with Gasteiger partial charge in [0.2, 0.25) is 0 Å². The van der Waals surface area contributed by atoms with E-state index in [9.17, 15) is 0 Å². The van der Waals surface area contributed by atoms with Gasteiger partial charge in [0.1, 0.15) is 22.3 Å². The van der Waals surface area contributed by atoms with Crippen molar-refractivity contribution in [2.75, 3.05) is 0 Å². The summed E-state index contributed by atoms with van der Waals surface area (Å²) in [7, 11) is 0. The van der Waals surface area contributed by atoms with Crippen LogP contribution in [0.1, 0.15) is 0 Å². The lowest BCUT2D eigenvalue weighted by atomic mass is 9.91. The van der Waals surface area contributed by atoms with E-state index in [1.165, 1.54) is 27.5 Å². The Morgan fingerprint density at radius 3 is 1.52 bits per heavy atom. The van der Waals surface area contributed by atoms with Gasteiger partial charge in [-0.25, -0.2) is 15.0 Å². The van der Waals surface area contributed by atoms with Crippen molar-refractivity contribution in [2.45, 2.75) is 0 Å². The molecule has 3 heterocycles. The Kier molecular flexibility index (Phi) is 7.16. The SMILES string of the molecule is c1ccc(-c2nc(-c3ccc4c(c3)oc3ccccc34)nc(-c3cc4oc5ccc(-c6ccc(-c7ccccc7)c7ccccc67)cc5c4c4ccccc34)n2)cc1. The molecular weight excluding hydrogens is 711 g/mol. The van der Waals surface area contributed by atoms with E-state index in [0.717, 1.165) is 76.9 Å². The van der Waals surface area contributed by atoms with E-state index in [0.29, 0.717) is 17.5 Å². The first-order chi connectivity index (χ1) is 28.7. The third-order valence-electron chi connectivity index (χ3n) is 11.3. The third-order valence-corrected chi connectivity index (χ3v) is 11.3. The van der Waals surface area contributed by atoms with Gasteiger partial charge < -0.3 is 8.83 Å². The van der Waals surface area contributed by atoms with Gasteiger partial charge in [-0.2, -0.15) is 0 Å². The zero-order chi connectivity index (χ0) is 38.2. The maximum atomic E-state index is 6.70. The second-order valence-electron chi connectivity index (χ2n) is 14.7. The Hall–Kier alpha value is -7.89. The second kappa shape index (κ2) is 12.8. The Balaban J connectivity index is 1.05. The average Bonchev–Trinajstić information content (AvgIpc) is 3.86. The van der Waals surface area contributed by atoms with Gasteiger partial charge in [0.05, 0.1) is 0 Å². The first-order valence-electron chi connectivity index (χ1n) is 19.4. The zero-order valence-electron chi connectivity index (χ0n) is 31.1. The molecule has 0 radical (unpaired) electrons. The van der Waals surface area contributed by atoms with E-state index < -0.39 is 0 Å². The van der Waals surface area contributed by atoms with Crippen LogP contribution in [0.4, 0.5) is 0 Å². The maximum Gasteiger partial charge on any atom is 0.164 e. The fourth-order valence-corrected chi connectivity index (χ4v) is 8.62. The second-order valence-corrected chi connectivity index (χ2v) is 14.7. The van der Waals surface area contributed by atoms with Gasteiger partial charge in [0.15, 0.2) is 17.5 Å². The minimum absolute atomic E-state index is 0.565. The smallest absolute Gasteiger partial charge is 0.164 e. The fourth-order valence-electron chi connectivity index (χ4n) is 8.62. The molecule has 0 unspecified atom stereocenters. The summed E-state index contributed by atoms with van der Waals surface area (Å²) in [5.74, 6) is 1.72. The summed E-state index contributed by atoms with van der Waals surface area (Å²) < 4.78 is 13.0. The highest BCUT2D eigenvalue weighted by Crippen LogP contribution is 2.43. The number of para-hydroxylation sites is 1. The first-order valence-corrected chi connectivity index (χ1v) is 19.4. The predicted molar refractivity (Wildman–Crippen MR) is 237 cm³/mol. The van der Waals surface area contributed by atoms with Gasteiger partial charge in [-0.3, -0.25) is 0 Å². The van der Waals surface area contributed by atoms with Crippen LogP contribution in [0.2, 0.25) is 0 Å². The van der Waals surface area contributed by atoms with Crippen LogP contribution in [0.3, 0.4) is 0 Å². The van der Waals surface area contributed by atoms with Crippen molar-refractivity contribution in [1.82, 2.24) is 15.0 Å². The maximum absolute atomic E-state index is 6.70. The largest absolute Gasteiger partial charge is 0.456 e. The quantitative estimate of drug-likeness (QED) is 0.176. The van der Waals surface area contributed by atoms with Crippen molar-refractivity contribution in [3.05, 3.63) is 188 Å². The minimum atomic E-state index is 0.565. The van der Waals surface area contributed by atoms with Crippen molar-refractivity contribution in [3.63, 3.8) is 0 Å². The topological polar surface area (TPSA) is 65.0 Å².